The molecular weight excluding hydrogens is 101 g/mol. The minimum Gasteiger partial charge on any atom is -0.665 e. The molecule has 0 N–H and O–H groups in total. The van der Waals surface area contributed by atoms with Crippen LogP contribution in [0.2, 0.25) is 0 Å². The van der Waals surface area contributed by atoms with E-state index in [9.17, 15) is 0 Å². The van der Waals surface area contributed by atoms with Crippen LogP contribution in [0, 0.1) is 7.43 Å². The van der Waals surface area contributed by atoms with E-state index in [0.717, 1.165) is 6.54 Å². The largest absolute Gasteiger partial charge is 1.00 e. The molecule has 0 heterocycles. The van der Waals surface area contributed by atoms with Crippen molar-refractivity contribution in [3.8, 4) is 0 Å². The zero-order valence-corrected chi connectivity index (χ0v) is 8.28. The fourth-order valence-corrected chi connectivity index (χ4v) is 0. The van der Waals surface area contributed by atoms with Gasteiger partial charge in [0.2, 0.25) is 0 Å². The molecule has 0 aromatic carbocycles. The summed E-state index contributed by atoms with van der Waals surface area (Å²) in [4.78, 5) is 0. The predicted molar refractivity (Wildman–Crippen MR) is 26.2 cm³/mol. The Morgan fingerprint density at radius 1 is 1.50 bits per heavy atom. The van der Waals surface area contributed by atoms with Crippen molar-refractivity contribution in [1.29, 1.82) is 0 Å². The fourth-order valence-electron chi connectivity index (χ4n) is 0. The molecule has 0 rings (SSSR count). The molecule has 0 atom stereocenters. The van der Waals surface area contributed by atoms with Crippen LogP contribution in [0.15, 0.2) is 0 Å². The van der Waals surface area contributed by atoms with Gasteiger partial charge in [0.15, 0.2) is 0 Å². The summed E-state index contributed by atoms with van der Waals surface area (Å²) in [5.41, 5.74) is 0. The van der Waals surface area contributed by atoms with E-state index in [1.807, 2.05) is 6.92 Å². The van der Waals surface area contributed by atoms with Crippen LogP contribution in [0.1, 0.15) is 6.92 Å². The smallest absolute Gasteiger partial charge is 0.665 e. The van der Waals surface area contributed by atoms with Crippen LogP contribution < -0.4 is 51.4 Å². The van der Waals surface area contributed by atoms with Gasteiger partial charge in [-0.25, -0.2) is 0 Å². The van der Waals surface area contributed by atoms with Crippen LogP contribution in [-0.4, -0.2) is 13.6 Å². The molecule has 0 fully saturated rings. The quantitative estimate of drug-likeness (QED) is 0.288. The van der Waals surface area contributed by atoms with Gasteiger partial charge in [0, 0.05) is 0 Å². The Morgan fingerprint density at radius 3 is 1.67 bits per heavy atom. The summed E-state index contributed by atoms with van der Waals surface area (Å²) < 4.78 is 0. The Labute approximate surface area is 83.3 Å². The Balaban J connectivity index is -0.0000000450. The van der Waals surface area contributed by atoms with Crippen molar-refractivity contribution in [2.45, 2.75) is 6.92 Å². The van der Waals surface area contributed by atoms with Gasteiger partial charge in [0.25, 0.3) is 0 Å². The maximum absolute atomic E-state index is 3.74. The number of nitrogens with zero attached hydrogens (tertiary/aromatic N) is 1. The molecule has 0 aliphatic rings. The SMILES string of the molecule is CC[N-]C.[CH3-].[K+]. The average molecular weight is 112 g/mol. The van der Waals surface area contributed by atoms with Crippen LogP contribution >= 0.6 is 0 Å². The normalized spacial score (nSPS) is 5.00. The topological polar surface area (TPSA) is 14.1 Å². The maximum Gasteiger partial charge on any atom is 1.00 e. The minimum atomic E-state index is 0. The van der Waals surface area contributed by atoms with Crippen molar-refractivity contribution in [2.75, 3.05) is 13.6 Å². The molecule has 0 aromatic rings. The Morgan fingerprint density at radius 2 is 1.67 bits per heavy atom. The number of rotatable bonds is 1. The first-order valence-electron chi connectivity index (χ1n) is 1.47. The summed E-state index contributed by atoms with van der Waals surface area (Å²) in [5, 5.41) is 3.74. The molecule has 0 aliphatic carbocycles. The summed E-state index contributed by atoms with van der Waals surface area (Å²) in [7, 11) is 1.81. The fraction of sp³-hybridized carbons (Fsp3) is 0.750. The standard InChI is InChI=1S/C3H8N.CH3.K/c1-3-4-2;;/h3H2,1-2H3;1H3;/q2*-1;+1. The van der Waals surface area contributed by atoms with Crippen LogP contribution in [0.4, 0.5) is 0 Å². The molecule has 2 heteroatoms. The molecule has 0 amide bonds. The second-order valence-corrected chi connectivity index (χ2v) is 0.632. The molecule has 0 aromatic heterocycles. The van der Waals surface area contributed by atoms with Gasteiger partial charge >= 0.3 is 51.4 Å². The molecule has 0 bridgehead atoms. The van der Waals surface area contributed by atoms with E-state index in [4.69, 9.17) is 0 Å². The van der Waals surface area contributed by atoms with Gasteiger partial charge in [-0.1, -0.05) is 6.92 Å². The number of hydrogen-bond donors (Lipinski definition) is 0. The molecule has 0 unspecified atom stereocenters. The zero-order chi connectivity index (χ0) is 3.41. The van der Waals surface area contributed by atoms with Gasteiger partial charge in [0.1, 0.15) is 0 Å². The molecule has 34 valence electrons. The Kier molecular flexibility index (Phi) is 41.7. The molecule has 0 aliphatic heterocycles. The van der Waals surface area contributed by atoms with E-state index in [0.29, 0.717) is 0 Å². The van der Waals surface area contributed by atoms with Gasteiger partial charge in [0.05, 0.1) is 0 Å². The molecule has 0 saturated heterocycles. The van der Waals surface area contributed by atoms with E-state index >= 15 is 0 Å². The summed E-state index contributed by atoms with van der Waals surface area (Å²) in [6, 6.07) is 0. The second kappa shape index (κ2) is 16.0. The summed E-state index contributed by atoms with van der Waals surface area (Å²) in [5.74, 6) is 0. The maximum atomic E-state index is 3.74. The predicted octanol–water partition coefficient (Wildman–Crippen LogP) is -1.54. The summed E-state index contributed by atoms with van der Waals surface area (Å²) in [6.45, 7) is 2.96. The molecule has 0 spiro atoms. The van der Waals surface area contributed by atoms with Crippen molar-refractivity contribution in [3.05, 3.63) is 12.7 Å². The molecule has 0 saturated carbocycles. The minimum absolute atomic E-state index is 0. The summed E-state index contributed by atoms with van der Waals surface area (Å²) >= 11 is 0. The zero-order valence-electron chi connectivity index (χ0n) is 5.15. The van der Waals surface area contributed by atoms with Crippen molar-refractivity contribution >= 4 is 0 Å². The van der Waals surface area contributed by atoms with Crippen LogP contribution in [0.25, 0.3) is 5.32 Å². The van der Waals surface area contributed by atoms with Crippen molar-refractivity contribution in [3.63, 3.8) is 0 Å². The van der Waals surface area contributed by atoms with Gasteiger partial charge in [-0.3, -0.25) is 0 Å². The third-order valence-corrected chi connectivity index (χ3v) is 0.316. The van der Waals surface area contributed by atoms with Gasteiger partial charge in [-0.05, 0) is 0 Å². The molecule has 1 nitrogen and oxygen atoms in total. The Hall–Kier alpha value is 1.60. The number of hydrogen-bond acceptors (Lipinski definition) is 0. The van der Waals surface area contributed by atoms with E-state index < -0.39 is 0 Å². The van der Waals surface area contributed by atoms with E-state index in [2.05, 4.69) is 5.32 Å². The van der Waals surface area contributed by atoms with E-state index in [1.54, 1.807) is 7.05 Å². The molecule has 6 heavy (non-hydrogen) atoms. The van der Waals surface area contributed by atoms with Crippen molar-refractivity contribution in [1.82, 2.24) is 0 Å². The first-order chi connectivity index (χ1) is 1.91. The van der Waals surface area contributed by atoms with Gasteiger partial charge < -0.3 is 12.7 Å². The van der Waals surface area contributed by atoms with Gasteiger partial charge in [-0.15, -0.1) is 0 Å². The third-order valence-electron chi connectivity index (χ3n) is 0.316. The monoisotopic (exact) mass is 112 g/mol. The summed E-state index contributed by atoms with van der Waals surface area (Å²) in [6.07, 6.45) is 0. The Bertz CT molecular complexity index is 9.51. The van der Waals surface area contributed by atoms with Crippen molar-refractivity contribution in [2.24, 2.45) is 0 Å². The van der Waals surface area contributed by atoms with Crippen LogP contribution in [0.3, 0.4) is 0 Å². The van der Waals surface area contributed by atoms with Crippen LogP contribution in [0.5, 0.6) is 0 Å². The van der Waals surface area contributed by atoms with Crippen LogP contribution in [-0.2, 0) is 0 Å². The first kappa shape index (κ1) is 15.6. The average Bonchev–Trinajstić information content (AvgIpc) is 1.37. The molecule has 0 radical (unpaired) electrons. The first-order valence-corrected chi connectivity index (χ1v) is 1.47. The van der Waals surface area contributed by atoms with E-state index in [-0.39, 0.29) is 58.8 Å². The van der Waals surface area contributed by atoms with Crippen molar-refractivity contribution < 1.29 is 51.4 Å². The third kappa shape index (κ3) is 17.5. The van der Waals surface area contributed by atoms with Gasteiger partial charge in [-0.2, -0.15) is 13.6 Å². The second-order valence-electron chi connectivity index (χ2n) is 0.632. The molecular formula is C4H11KN-. The van der Waals surface area contributed by atoms with E-state index in [1.165, 1.54) is 0 Å².